The summed E-state index contributed by atoms with van der Waals surface area (Å²) in [5.74, 6) is 1.40. The molecule has 1 aliphatic rings. The first-order valence-electron chi connectivity index (χ1n) is 8.12. The van der Waals surface area contributed by atoms with E-state index < -0.39 is 0 Å². The zero-order valence-corrected chi connectivity index (χ0v) is 14.2. The largest absolute Gasteiger partial charge is 0.493 e. The molecular formula is C17H22ClN3O2. The SMILES string of the molecule is COc1cc2cnc(Cl)nc2cc1OCCCN1CCCCC1. The van der Waals surface area contributed by atoms with Crippen molar-refractivity contribution in [1.29, 1.82) is 0 Å². The number of benzene rings is 1. The Balaban J connectivity index is 1.61. The maximum Gasteiger partial charge on any atom is 0.222 e. The Bertz CT molecular complexity index is 660. The van der Waals surface area contributed by atoms with Gasteiger partial charge in [-0.15, -0.1) is 0 Å². The molecule has 0 bridgehead atoms. The van der Waals surface area contributed by atoms with E-state index in [9.17, 15) is 0 Å². The highest BCUT2D eigenvalue weighted by Gasteiger charge is 2.11. The van der Waals surface area contributed by atoms with Gasteiger partial charge in [0.25, 0.3) is 0 Å². The zero-order chi connectivity index (χ0) is 16.1. The van der Waals surface area contributed by atoms with Crippen molar-refractivity contribution in [3.8, 4) is 11.5 Å². The van der Waals surface area contributed by atoms with Crippen LogP contribution in [0.1, 0.15) is 25.7 Å². The average molecular weight is 336 g/mol. The fourth-order valence-corrected chi connectivity index (χ4v) is 3.08. The van der Waals surface area contributed by atoms with E-state index in [4.69, 9.17) is 21.1 Å². The first-order valence-corrected chi connectivity index (χ1v) is 8.49. The van der Waals surface area contributed by atoms with E-state index in [0.29, 0.717) is 18.1 Å². The number of hydrogen-bond acceptors (Lipinski definition) is 5. The third kappa shape index (κ3) is 4.24. The second-order valence-corrected chi connectivity index (χ2v) is 6.14. The molecule has 0 radical (unpaired) electrons. The minimum atomic E-state index is 0.235. The van der Waals surface area contributed by atoms with Crippen molar-refractivity contribution in [2.45, 2.75) is 25.7 Å². The van der Waals surface area contributed by atoms with Crippen LogP contribution in [0.3, 0.4) is 0 Å². The number of fused-ring (bicyclic) bond motifs is 1. The molecule has 0 amide bonds. The predicted molar refractivity (Wildman–Crippen MR) is 91.5 cm³/mol. The zero-order valence-electron chi connectivity index (χ0n) is 13.4. The topological polar surface area (TPSA) is 47.5 Å². The number of nitrogens with zero attached hydrogens (tertiary/aromatic N) is 3. The van der Waals surface area contributed by atoms with Crippen molar-refractivity contribution in [3.63, 3.8) is 0 Å². The van der Waals surface area contributed by atoms with Gasteiger partial charge in [-0.3, -0.25) is 0 Å². The quantitative estimate of drug-likeness (QED) is 0.597. The molecule has 2 heterocycles. The Hall–Kier alpha value is -1.59. The molecule has 1 aromatic heterocycles. The van der Waals surface area contributed by atoms with Crippen LogP contribution in [0.2, 0.25) is 5.28 Å². The summed E-state index contributed by atoms with van der Waals surface area (Å²) in [6.07, 6.45) is 6.70. The third-order valence-corrected chi connectivity index (χ3v) is 4.34. The Morgan fingerprint density at radius 2 is 2.00 bits per heavy atom. The highest BCUT2D eigenvalue weighted by molar-refractivity contribution is 6.28. The summed E-state index contributed by atoms with van der Waals surface area (Å²) in [6, 6.07) is 3.74. The minimum Gasteiger partial charge on any atom is -0.493 e. The average Bonchev–Trinajstić information content (AvgIpc) is 2.59. The summed E-state index contributed by atoms with van der Waals surface area (Å²) in [5.41, 5.74) is 0.761. The molecule has 0 unspecified atom stereocenters. The number of piperidine rings is 1. The van der Waals surface area contributed by atoms with E-state index in [0.717, 1.165) is 23.9 Å². The van der Waals surface area contributed by atoms with E-state index in [1.54, 1.807) is 13.3 Å². The Kier molecular flexibility index (Phi) is 5.51. The van der Waals surface area contributed by atoms with Crippen molar-refractivity contribution in [3.05, 3.63) is 23.6 Å². The van der Waals surface area contributed by atoms with E-state index in [2.05, 4.69) is 14.9 Å². The molecule has 5 nitrogen and oxygen atoms in total. The number of likely N-dealkylation sites (tertiary alicyclic amines) is 1. The molecule has 0 saturated carbocycles. The second kappa shape index (κ2) is 7.79. The van der Waals surface area contributed by atoms with Crippen molar-refractivity contribution < 1.29 is 9.47 Å². The molecule has 0 N–H and O–H groups in total. The van der Waals surface area contributed by atoms with Crippen molar-refractivity contribution in [2.75, 3.05) is 33.4 Å². The van der Waals surface area contributed by atoms with Crippen LogP contribution in [-0.2, 0) is 0 Å². The van der Waals surface area contributed by atoms with Gasteiger partial charge >= 0.3 is 0 Å². The standard InChI is InChI=1S/C17H22ClN3O2/c1-22-15-10-13-12-19-17(18)20-14(13)11-16(15)23-9-5-8-21-6-3-2-4-7-21/h10-12H,2-9H2,1H3. The molecule has 124 valence electrons. The van der Waals surface area contributed by atoms with Gasteiger partial charge in [-0.2, -0.15) is 0 Å². The second-order valence-electron chi connectivity index (χ2n) is 5.81. The van der Waals surface area contributed by atoms with Gasteiger partial charge in [0.1, 0.15) is 0 Å². The Morgan fingerprint density at radius 1 is 1.17 bits per heavy atom. The van der Waals surface area contributed by atoms with Crippen molar-refractivity contribution in [2.24, 2.45) is 0 Å². The van der Waals surface area contributed by atoms with Crippen LogP contribution in [0.4, 0.5) is 0 Å². The summed E-state index contributed by atoms with van der Waals surface area (Å²) in [4.78, 5) is 10.7. The summed E-state index contributed by atoms with van der Waals surface area (Å²) in [5, 5.41) is 1.12. The van der Waals surface area contributed by atoms with E-state index in [1.807, 2.05) is 12.1 Å². The van der Waals surface area contributed by atoms with Gasteiger partial charge in [-0.25, -0.2) is 9.97 Å². The maximum atomic E-state index is 5.91. The summed E-state index contributed by atoms with van der Waals surface area (Å²) < 4.78 is 11.3. The van der Waals surface area contributed by atoms with Gasteiger partial charge in [0.05, 0.1) is 19.2 Å². The molecule has 1 aromatic carbocycles. The lowest BCUT2D eigenvalue weighted by Gasteiger charge is -2.26. The third-order valence-electron chi connectivity index (χ3n) is 4.16. The first-order chi connectivity index (χ1) is 11.3. The van der Waals surface area contributed by atoms with Gasteiger partial charge in [0, 0.05) is 24.2 Å². The molecule has 0 atom stereocenters. The van der Waals surface area contributed by atoms with Crippen molar-refractivity contribution >= 4 is 22.5 Å². The van der Waals surface area contributed by atoms with E-state index >= 15 is 0 Å². The smallest absolute Gasteiger partial charge is 0.222 e. The number of methoxy groups -OCH3 is 1. The Morgan fingerprint density at radius 3 is 2.78 bits per heavy atom. The molecule has 6 heteroatoms. The summed E-state index contributed by atoms with van der Waals surface area (Å²) in [7, 11) is 1.64. The van der Waals surface area contributed by atoms with Gasteiger partial charge in [-0.05, 0) is 50.0 Å². The van der Waals surface area contributed by atoms with E-state index in [1.165, 1.54) is 32.4 Å². The number of halogens is 1. The maximum absolute atomic E-state index is 5.91. The van der Waals surface area contributed by atoms with Gasteiger partial charge in [-0.1, -0.05) is 6.42 Å². The number of hydrogen-bond donors (Lipinski definition) is 0. The Labute approximate surface area is 141 Å². The lowest BCUT2D eigenvalue weighted by molar-refractivity contribution is 0.203. The molecule has 0 aliphatic carbocycles. The van der Waals surface area contributed by atoms with E-state index in [-0.39, 0.29) is 5.28 Å². The molecule has 1 aliphatic heterocycles. The fraction of sp³-hybridized carbons (Fsp3) is 0.529. The minimum absolute atomic E-state index is 0.235. The summed E-state index contributed by atoms with van der Waals surface area (Å²) in [6.45, 7) is 4.19. The van der Waals surface area contributed by atoms with Crippen molar-refractivity contribution in [1.82, 2.24) is 14.9 Å². The molecule has 3 rings (SSSR count). The predicted octanol–water partition coefficient (Wildman–Crippen LogP) is 3.55. The number of rotatable bonds is 6. The monoisotopic (exact) mass is 335 g/mol. The summed E-state index contributed by atoms with van der Waals surface area (Å²) >= 11 is 5.86. The molecule has 1 saturated heterocycles. The van der Waals surface area contributed by atoms with Crippen LogP contribution in [-0.4, -0.2) is 48.2 Å². The van der Waals surface area contributed by atoms with Crippen LogP contribution >= 0.6 is 11.6 Å². The van der Waals surface area contributed by atoms with Crippen LogP contribution in [0.25, 0.3) is 10.9 Å². The first kappa shape index (κ1) is 16.3. The highest BCUT2D eigenvalue weighted by Crippen LogP contribution is 2.31. The molecule has 2 aromatic rings. The lowest BCUT2D eigenvalue weighted by Crippen LogP contribution is -2.31. The fourth-order valence-electron chi connectivity index (χ4n) is 2.94. The molecule has 23 heavy (non-hydrogen) atoms. The van der Waals surface area contributed by atoms with Gasteiger partial charge < -0.3 is 14.4 Å². The van der Waals surface area contributed by atoms with Gasteiger partial charge in [0.2, 0.25) is 5.28 Å². The lowest BCUT2D eigenvalue weighted by atomic mass is 10.1. The highest BCUT2D eigenvalue weighted by atomic mass is 35.5. The molecule has 1 fully saturated rings. The van der Waals surface area contributed by atoms with Crippen LogP contribution in [0.15, 0.2) is 18.3 Å². The number of aromatic nitrogens is 2. The normalized spacial score (nSPS) is 15.7. The van der Waals surface area contributed by atoms with Gasteiger partial charge in [0.15, 0.2) is 11.5 Å². The molecular weight excluding hydrogens is 314 g/mol. The van der Waals surface area contributed by atoms with Crippen LogP contribution in [0, 0.1) is 0 Å². The molecule has 0 spiro atoms. The van der Waals surface area contributed by atoms with Crippen LogP contribution in [0.5, 0.6) is 11.5 Å². The van der Waals surface area contributed by atoms with Crippen LogP contribution < -0.4 is 9.47 Å². The number of ether oxygens (including phenoxy) is 2.